The average Bonchev–Trinajstić information content (AvgIpc) is 1.49. The number of hydrogen-bond donors (Lipinski definition) is 17. The molecule has 33 heteroatoms. The van der Waals surface area contributed by atoms with Crippen molar-refractivity contribution in [3.8, 4) is 0 Å². The Labute approximate surface area is 596 Å². The van der Waals surface area contributed by atoms with Gasteiger partial charge in [0.15, 0.2) is 6.10 Å². The average molecular weight is 1440 g/mol. The molecule has 102 heavy (non-hydrogen) atoms. The highest BCUT2D eigenvalue weighted by Crippen LogP contribution is 2.23. The van der Waals surface area contributed by atoms with Crippen LogP contribution in [0.2, 0.25) is 0 Å². The van der Waals surface area contributed by atoms with Crippen LogP contribution in [-0.2, 0) is 73.5 Å². The lowest BCUT2D eigenvalue weighted by Gasteiger charge is -2.36. The molecule has 14 amide bonds. The molecule has 1 aromatic carbocycles. The summed E-state index contributed by atoms with van der Waals surface area (Å²) in [5, 5.41) is 80.7. The number of fused-ring (bicyclic) bond motifs is 1. The summed E-state index contributed by atoms with van der Waals surface area (Å²) in [5.41, 5.74) is 11.5. The SMILES string of the molecule is CCCCCCCC1CC(=O)NC(C(O)C(N)=O)C(=O)N[C@@H](CCC(N)=O)C(=O)N(C)[C@@H]([C@@H](C)CC)C(=O)N[C@@H]([C@@H](C)O)C(=O)N2CCC[C@H]2C(=O)N[C@@H](Cc2ccccc2)C(=O)N[C@@H]([C@@H](C)O)C(=O)N[C@@H](C(C)C)C(=O)N[C@@H](CCO)C(=O)N[C@@H](CC(C)C)C(=O)NC(C(O)C(C)C)C(=O)N1. The number of amides is 14. The van der Waals surface area contributed by atoms with Crippen molar-refractivity contribution in [2.24, 2.45) is 35.1 Å². The molecule has 17 atom stereocenters. The van der Waals surface area contributed by atoms with Gasteiger partial charge in [-0.3, -0.25) is 67.1 Å². The Kier molecular flexibility index (Phi) is 36.9. The second-order valence-electron chi connectivity index (χ2n) is 28.0. The minimum atomic E-state index is -2.50. The maximum atomic E-state index is 14.8. The van der Waals surface area contributed by atoms with E-state index in [1.54, 1.807) is 71.9 Å². The number of carbonyl (C=O) groups excluding carboxylic acids is 14. The monoisotopic (exact) mass is 1440 g/mol. The van der Waals surface area contributed by atoms with E-state index in [0.29, 0.717) is 18.4 Å². The molecular formula is C69H114N14O19. The number of primary amides is 2. The number of nitrogens with one attached hydrogen (secondary N) is 10. The first kappa shape index (κ1) is 87.8. The van der Waals surface area contributed by atoms with Gasteiger partial charge in [0.1, 0.15) is 66.5 Å². The molecule has 2 aliphatic heterocycles. The van der Waals surface area contributed by atoms with E-state index in [2.05, 4.69) is 53.2 Å². The van der Waals surface area contributed by atoms with Crippen molar-refractivity contribution >= 4 is 82.7 Å². The van der Waals surface area contributed by atoms with E-state index >= 15 is 0 Å². The molecular weight excluding hydrogens is 1330 g/mol. The van der Waals surface area contributed by atoms with Crippen molar-refractivity contribution in [1.82, 2.24) is 63.0 Å². The maximum absolute atomic E-state index is 14.8. The zero-order valence-electron chi connectivity index (χ0n) is 61.0. The van der Waals surface area contributed by atoms with Crippen LogP contribution in [0, 0.1) is 23.7 Å². The molecule has 574 valence electrons. The third-order valence-electron chi connectivity index (χ3n) is 18.3. The Bertz CT molecular complexity index is 3010. The van der Waals surface area contributed by atoms with E-state index < -0.39 is 230 Å². The van der Waals surface area contributed by atoms with Crippen LogP contribution in [-0.4, -0.2) is 235 Å². The largest absolute Gasteiger partial charge is 0.396 e. The molecule has 2 fully saturated rings. The normalized spacial score (nSPS) is 26.9. The fourth-order valence-electron chi connectivity index (χ4n) is 12.1. The summed E-state index contributed by atoms with van der Waals surface area (Å²) in [6.07, 6.45) is -6.16. The molecule has 0 saturated carbocycles. The van der Waals surface area contributed by atoms with Crippen LogP contribution in [0.4, 0.5) is 0 Å². The minimum absolute atomic E-state index is 0.0116. The Balaban J connectivity index is 2.34. The van der Waals surface area contributed by atoms with Gasteiger partial charge in [-0.15, -0.1) is 0 Å². The van der Waals surface area contributed by atoms with Gasteiger partial charge < -0.3 is 100.0 Å². The van der Waals surface area contributed by atoms with Gasteiger partial charge in [-0.25, -0.2) is 0 Å². The Morgan fingerprint density at radius 1 is 0.549 bits per heavy atom. The van der Waals surface area contributed by atoms with Crippen LogP contribution in [0.3, 0.4) is 0 Å². The zero-order valence-corrected chi connectivity index (χ0v) is 61.0. The topological polar surface area (TPSA) is 519 Å². The molecule has 0 aromatic heterocycles. The van der Waals surface area contributed by atoms with Crippen LogP contribution in [0.1, 0.15) is 172 Å². The van der Waals surface area contributed by atoms with Crippen molar-refractivity contribution in [3.63, 3.8) is 0 Å². The van der Waals surface area contributed by atoms with Crippen LogP contribution < -0.4 is 64.6 Å². The Morgan fingerprint density at radius 2 is 1.08 bits per heavy atom. The molecule has 0 aliphatic carbocycles. The summed E-state index contributed by atoms with van der Waals surface area (Å²) in [5.74, 6) is -17.6. The molecule has 2 heterocycles. The van der Waals surface area contributed by atoms with E-state index in [1.165, 1.54) is 34.7 Å². The number of rotatable bonds is 24. The van der Waals surface area contributed by atoms with Gasteiger partial charge in [0, 0.05) is 45.5 Å². The van der Waals surface area contributed by atoms with E-state index in [-0.39, 0.29) is 51.0 Å². The quantitative estimate of drug-likeness (QED) is 0.0450. The lowest BCUT2D eigenvalue weighted by atomic mass is 9.95. The van der Waals surface area contributed by atoms with Crippen LogP contribution >= 0.6 is 0 Å². The molecule has 19 N–H and O–H groups in total. The van der Waals surface area contributed by atoms with Crippen molar-refractivity contribution in [1.29, 1.82) is 0 Å². The van der Waals surface area contributed by atoms with Gasteiger partial charge in [-0.2, -0.15) is 0 Å². The number of unbranched alkanes of at least 4 members (excludes halogenated alkanes) is 4. The molecule has 33 nitrogen and oxygen atoms in total. The summed E-state index contributed by atoms with van der Waals surface area (Å²) in [6, 6.07) is -11.4. The first-order valence-corrected chi connectivity index (χ1v) is 35.5. The predicted molar refractivity (Wildman–Crippen MR) is 372 cm³/mol. The van der Waals surface area contributed by atoms with Gasteiger partial charge in [0.05, 0.1) is 18.3 Å². The number of likely N-dealkylation sites (N-methyl/N-ethyl adjacent to an activating group) is 1. The maximum Gasteiger partial charge on any atom is 0.248 e. The predicted octanol–water partition coefficient (Wildman–Crippen LogP) is -3.32. The fourth-order valence-corrected chi connectivity index (χ4v) is 12.1. The highest BCUT2D eigenvalue weighted by Gasteiger charge is 2.45. The highest BCUT2D eigenvalue weighted by atomic mass is 16.3. The van der Waals surface area contributed by atoms with E-state index in [9.17, 15) is 92.7 Å². The smallest absolute Gasteiger partial charge is 0.248 e. The van der Waals surface area contributed by atoms with Gasteiger partial charge in [0.2, 0.25) is 82.7 Å². The van der Waals surface area contributed by atoms with Gasteiger partial charge in [-0.05, 0) is 81.6 Å². The first-order valence-electron chi connectivity index (χ1n) is 35.5. The summed E-state index contributed by atoms with van der Waals surface area (Å²) in [4.78, 5) is 202. The third kappa shape index (κ3) is 27.1. The third-order valence-corrected chi connectivity index (χ3v) is 18.3. The molecule has 1 aromatic rings. The molecule has 0 bridgehead atoms. The Hall–Kier alpha value is -8.40. The van der Waals surface area contributed by atoms with E-state index in [4.69, 9.17) is 11.5 Å². The minimum Gasteiger partial charge on any atom is -0.396 e. The summed E-state index contributed by atoms with van der Waals surface area (Å²) >= 11 is 0. The fraction of sp³-hybridized carbons (Fsp3) is 0.710. The molecule has 3 rings (SSSR count). The molecule has 2 saturated heterocycles. The molecule has 5 unspecified atom stereocenters. The van der Waals surface area contributed by atoms with Gasteiger partial charge >= 0.3 is 0 Å². The second-order valence-corrected chi connectivity index (χ2v) is 28.0. The second kappa shape index (κ2) is 42.9. The number of hydrogen-bond acceptors (Lipinski definition) is 19. The van der Waals surface area contributed by atoms with E-state index in [0.717, 1.165) is 29.1 Å². The Morgan fingerprint density at radius 3 is 1.64 bits per heavy atom. The van der Waals surface area contributed by atoms with Crippen molar-refractivity contribution in [2.75, 3.05) is 20.2 Å². The summed E-state index contributed by atoms with van der Waals surface area (Å²) in [7, 11) is 1.17. The van der Waals surface area contributed by atoms with Gasteiger partial charge in [0.25, 0.3) is 0 Å². The number of nitrogens with two attached hydrogens (primary N) is 2. The number of carbonyl (C=O) groups is 14. The number of nitrogens with zero attached hydrogens (tertiary/aromatic N) is 2. The number of benzene rings is 1. The lowest BCUT2D eigenvalue weighted by Crippen LogP contribution is -2.64. The zero-order chi connectivity index (χ0) is 77.0. The summed E-state index contributed by atoms with van der Waals surface area (Å²) in [6.45, 7) is 16.4. The summed E-state index contributed by atoms with van der Waals surface area (Å²) < 4.78 is 0. The highest BCUT2D eigenvalue weighted by molar-refractivity contribution is 6.01. The van der Waals surface area contributed by atoms with Crippen molar-refractivity contribution < 1.29 is 92.7 Å². The van der Waals surface area contributed by atoms with Crippen molar-refractivity contribution in [2.45, 2.75) is 269 Å². The van der Waals surface area contributed by atoms with E-state index in [1.807, 2.05) is 6.92 Å². The number of aliphatic hydroxyl groups excluding tert-OH is 5. The van der Waals surface area contributed by atoms with Crippen molar-refractivity contribution in [3.05, 3.63) is 35.9 Å². The standard InChI is InChI=1S/C69H114N14O19/c1-13-15-16-17-21-25-42-34-49(88)77-54(57(90)58(71)91)66(99)74-44(27-28-48(70)87)68(101)82(12)55(38(9)14-2)67(100)80-52(40(11)86)69(102)83-30-22-26-47(83)62(95)76-46(33-41-23-19-18-20-24-41)61(94)79-51(39(10)85)64(97)78-50(36(5)6)63(96)73-43(29-31-84)59(92)75-45(32-35(3)4)60(93)81-53(65(98)72-42)56(89)37(7)8/h18-20,23-24,35-40,42-47,50-57,84-86,89-90H,13-17,21-22,25-34H2,1-12H3,(H2,70,87)(H2,71,91)(H,72,98)(H,73,96)(H,74,99)(H,75,92)(H,76,95)(H,77,88)(H,78,97)(H,79,94)(H,80,100)(H,81,93)/t38-,39+,40+,42?,43-,44-,45-,46-,47-,50-,51-,52-,53?,54?,55-,56?,57?/m0/s1. The molecule has 0 radical (unpaired) electrons. The lowest BCUT2D eigenvalue weighted by molar-refractivity contribution is -0.148. The van der Waals surface area contributed by atoms with Gasteiger partial charge in [-0.1, -0.05) is 131 Å². The molecule has 2 aliphatic rings. The first-order chi connectivity index (χ1) is 47.9. The van der Waals surface area contributed by atoms with Crippen LogP contribution in [0.15, 0.2) is 30.3 Å². The van der Waals surface area contributed by atoms with Crippen LogP contribution in [0.25, 0.3) is 0 Å². The molecule has 0 spiro atoms. The van der Waals surface area contributed by atoms with Crippen LogP contribution in [0.5, 0.6) is 0 Å². The number of aliphatic hydroxyl groups is 5.